The van der Waals surface area contributed by atoms with Crippen LogP contribution >= 0.6 is 11.3 Å². The molecular weight excluding hydrogens is 516 g/mol. The highest BCUT2D eigenvalue weighted by Gasteiger charge is 2.26. The van der Waals surface area contributed by atoms with Crippen LogP contribution in [0.2, 0.25) is 0 Å². The number of hydrogen-bond acceptors (Lipinski definition) is 9. The zero-order valence-electron chi connectivity index (χ0n) is 22.2. The van der Waals surface area contributed by atoms with Gasteiger partial charge in [-0.2, -0.15) is 0 Å². The van der Waals surface area contributed by atoms with Crippen LogP contribution in [0.15, 0.2) is 41.8 Å². The highest BCUT2D eigenvalue weighted by atomic mass is 32.1. The van der Waals surface area contributed by atoms with Gasteiger partial charge in [-0.1, -0.05) is 6.07 Å². The highest BCUT2D eigenvalue weighted by molar-refractivity contribution is 7.09. The molecule has 1 saturated heterocycles. The summed E-state index contributed by atoms with van der Waals surface area (Å²) >= 11 is 1.47. The second-order valence-electron chi connectivity index (χ2n) is 9.63. The van der Waals surface area contributed by atoms with Crippen LogP contribution in [0.25, 0.3) is 10.9 Å². The Balaban J connectivity index is 1.44. The van der Waals surface area contributed by atoms with Crippen molar-refractivity contribution in [3.63, 3.8) is 0 Å². The Hall–Kier alpha value is -4.05. The number of aryl methyl sites for hydroxylation is 1. The average Bonchev–Trinajstić information content (AvgIpc) is 3.73. The quantitative estimate of drug-likeness (QED) is 0.299. The molecule has 2 aromatic heterocycles. The second-order valence-corrected chi connectivity index (χ2v) is 10.7. The van der Waals surface area contributed by atoms with Gasteiger partial charge in [0.25, 0.3) is 5.91 Å². The summed E-state index contributed by atoms with van der Waals surface area (Å²) in [7, 11) is 3.29. The van der Waals surface area contributed by atoms with E-state index in [1.165, 1.54) is 11.3 Å². The Morgan fingerprint density at radius 2 is 1.77 bits per heavy atom. The molecule has 2 aromatic carbocycles. The molecule has 0 radical (unpaired) electrons. The number of aromatic nitrogens is 2. The van der Waals surface area contributed by atoms with Crippen LogP contribution in [0.4, 0.5) is 5.82 Å². The van der Waals surface area contributed by atoms with Crippen LogP contribution < -0.4 is 23.8 Å². The van der Waals surface area contributed by atoms with Crippen LogP contribution in [0.5, 0.6) is 23.0 Å². The summed E-state index contributed by atoms with van der Waals surface area (Å²) in [4.78, 5) is 27.6. The van der Waals surface area contributed by atoms with Crippen molar-refractivity contribution in [2.24, 2.45) is 0 Å². The molecule has 4 aromatic rings. The minimum absolute atomic E-state index is 0.137. The largest absolute Gasteiger partial charge is 0.496 e. The SMILES string of the molecule is COc1ccc(OC)c2nc(N3CCCC3)c(CN(Cc3ccc4c(c3)OCO4)C(=O)c3csc(C)n3)cc12. The minimum Gasteiger partial charge on any atom is -0.496 e. The van der Waals surface area contributed by atoms with Gasteiger partial charge in [0.05, 0.1) is 25.8 Å². The smallest absolute Gasteiger partial charge is 0.273 e. The summed E-state index contributed by atoms with van der Waals surface area (Å²) in [6.07, 6.45) is 2.21. The molecule has 39 heavy (non-hydrogen) atoms. The predicted octanol–water partition coefficient (Wildman–Crippen LogP) is 5.19. The Morgan fingerprint density at radius 1 is 1.00 bits per heavy atom. The number of ether oxygens (including phenoxy) is 4. The van der Waals surface area contributed by atoms with Gasteiger partial charge in [-0.05, 0) is 55.7 Å². The van der Waals surface area contributed by atoms with E-state index < -0.39 is 0 Å². The Labute approximate surface area is 230 Å². The number of hydrogen-bond donors (Lipinski definition) is 0. The number of nitrogens with zero attached hydrogens (tertiary/aromatic N) is 4. The van der Waals surface area contributed by atoms with Gasteiger partial charge in [0.2, 0.25) is 6.79 Å². The summed E-state index contributed by atoms with van der Waals surface area (Å²) in [5, 5.41) is 3.51. The molecule has 0 unspecified atom stereocenters. The summed E-state index contributed by atoms with van der Waals surface area (Å²) in [5.74, 6) is 3.51. The van der Waals surface area contributed by atoms with E-state index >= 15 is 0 Å². The first-order valence-electron chi connectivity index (χ1n) is 12.9. The molecule has 2 aliphatic heterocycles. The number of amides is 1. The lowest BCUT2D eigenvalue weighted by Crippen LogP contribution is -2.32. The second kappa shape index (κ2) is 10.6. The monoisotopic (exact) mass is 546 g/mol. The Morgan fingerprint density at radius 3 is 2.51 bits per heavy atom. The molecule has 10 heteroatoms. The van der Waals surface area contributed by atoms with Crippen LogP contribution in [0.3, 0.4) is 0 Å². The molecule has 0 bridgehead atoms. The highest BCUT2D eigenvalue weighted by Crippen LogP contribution is 2.37. The maximum atomic E-state index is 13.9. The zero-order chi connectivity index (χ0) is 26.9. The topological polar surface area (TPSA) is 86.3 Å². The molecule has 4 heterocycles. The molecule has 1 amide bonds. The van der Waals surface area contributed by atoms with Gasteiger partial charge in [-0.3, -0.25) is 4.79 Å². The number of pyridine rings is 1. The zero-order valence-corrected chi connectivity index (χ0v) is 23.0. The average molecular weight is 547 g/mol. The van der Waals surface area contributed by atoms with Crippen LogP contribution in [0.1, 0.15) is 39.5 Å². The van der Waals surface area contributed by atoms with E-state index in [0.717, 1.165) is 58.8 Å². The van der Waals surface area contributed by atoms with E-state index in [-0.39, 0.29) is 12.7 Å². The maximum Gasteiger partial charge on any atom is 0.273 e. The van der Waals surface area contributed by atoms with Gasteiger partial charge < -0.3 is 28.7 Å². The predicted molar refractivity (Wildman–Crippen MR) is 149 cm³/mol. The summed E-state index contributed by atoms with van der Waals surface area (Å²) < 4.78 is 22.4. The molecule has 6 rings (SSSR count). The lowest BCUT2D eigenvalue weighted by atomic mass is 10.1. The number of methoxy groups -OCH3 is 2. The fraction of sp³-hybridized carbons (Fsp3) is 0.345. The van der Waals surface area contributed by atoms with Gasteiger partial charge in [-0.25, -0.2) is 9.97 Å². The Kier molecular flexibility index (Phi) is 6.86. The van der Waals surface area contributed by atoms with E-state index in [0.29, 0.717) is 41.8 Å². The van der Waals surface area contributed by atoms with Gasteiger partial charge >= 0.3 is 0 Å². The number of anilines is 1. The van der Waals surface area contributed by atoms with Crippen molar-refractivity contribution >= 4 is 34.0 Å². The molecular formula is C29H30N4O5S. The van der Waals surface area contributed by atoms with Crippen LogP contribution in [0, 0.1) is 6.92 Å². The van der Waals surface area contributed by atoms with Crippen LogP contribution in [-0.4, -0.2) is 54.9 Å². The van der Waals surface area contributed by atoms with Gasteiger partial charge in [0.15, 0.2) is 11.5 Å². The molecule has 0 N–H and O–H groups in total. The lowest BCUT2D eigenvalue weighted by Gasteiger charge is -2.27. The minimum atomic E-state index is -0.137. The van der Waals surface area contributed by atoms with E-state index in [1.807, 2.05) is 47.5 Å². The van der Waals surface area contributed by atoms with Crippen molar-refractivity contribution in [2.75, 3.05) is 39.0 Å². The summed E-state index contributed by atoms with van der Waals surface area (Å²) in [5.41, 5.74) is 3.06. The van der Waals surface area contributed by atoms with E-state index in [1.54, 1.807) is 14.2 Å². The molecule has 202 valence electrons. The lowest BCUT2D eigenvalue weighted by molar-refractivity contribution is 0.0724. The summed E-state index contributed by atoms with van der Waals surface area (Å²) in [6, 6.07) is 11.6. The Bertz CT molecular complexity index is 1530. The molecule has 0 spiro atoms. The number of benzene rings is 2. The molecule has 0 atom stereocenters. The molecule has 0 aliphatic carbocycles. The maximum absolute atomic E-state index is 13.9. The molecule has 0 saturated carbocycles. The fourth-order valence-electron chi connectivity index (χ4n) is 5.19. The van der Waals surface area contributed by atoms with E-state index in [4.69, 9.17) is 23.9 Å². The molecule has 1 fully saturated rings. The van der Waals surface area contributed by atoms with Gasteiger partial charge in [-0.15, -0.1) is 11.3 Å². The van der Waals surface area contributed by atoms with Crippen LogP contribution in [-0.2, 0) is 13.1 Å². The number of fused-ring (bicyclic) bond motifs is 2. The number of carbonyl (C=O) groups excluding carboxylic acids is 1. The first-order valence-corrected chi connectivity index (χ1v) is 13.8. The molecule has 9 nitrogen and oxygen atoms in total. The van der Waals surface area contributed by atoms with Gasteiger partial charge in [0, 0.05) is 36.0 Å². The first-order chi connectivity index (χ1) is 19.0. The first kappa shape index (κ1) is 25.2. The number of thiazole rings is 1. The van der Waals surface area contributed by atoms with Crippen molar-refractivity contribution in [3.8, 4) is 23.0 Å². The van der Waals surface area contributed by atoms with Crippen molar-refractivity contribution in [1.82, 2.24) is 14.9 Å². The van der Waals surface area contributed by atoms with E-state index in [2.05, 4.69) is 16.0 Å². The number of rotatable bonds is 8. The van der Waals surface area contributed by atoms with Crippen molar-refractivity contribution < 1.29 is 23.7 Å². The third-order valence-corrected chi connectivity index (χ3v) is 7.88. The normalized spacial score (nSPS) is 14.2. The van der Waals surface area contributed by atoms with E-state index in [9.17, 15) is 4.79 Å². The van der Waals surface area contributed by atoms with Gasteiger partial charge in [0.1, 0.15) is 28.5 Å². The standard InChI is InChI=1S/C29H30N4O5S/c1-18-30-22(16-39-18)29(34)33(14-19-6-7-24-26(12-19)38-17-37-24)15-20-13-21-23(35-2)8-9-25(36-3)27(21)31-28(20)32-10-4-5-11-32/h6-9,12-13,16H,4-5,10-11,14-15,17H2,1-3H3. The third kappa shape index (κ3) is 4.92. The summed E-state index contributed by atoms with van der Waals surface area (Å²) in [6.45, 7) is 4.66. The number of carbonyl (C=O) groups is 1. The third-order valence-electron chi connectivity index (χ3n) is 7.11. The molecule has 2 aliphatic rings. The van der Waals surface area contributed by atoms with Crippen molar-refractivity contribution in [1.29, 1.82) is 0 Å². The fourth-order valence-corrected chi connectivity index (χ4v) is 5.78. The van der Waals surface area contributed by atoms with Crippen molar-refractivity contribution in [2.45, 2.75) is 32.9 Å². The van der Waals surface area contributed by atoms with Crippen molar-refractivity contribution in [3.05, 3.63) is 63.6 Å².